The van der Waals surface area contributed by atoms with E-state index in [0.717, 1.165) is 33.9 Å². The fourth-order valence-electron chi connectivity index (χ4n) is 2.43. The lowest BCUT2D eigenvalue weighted by molar-refractivity contribution is 0.409. The van der Waals surface area contributed by atoms with Gasteiger partial charge >= 0.3 is 0 Å². The summed E-state index contributed by atoms with van der Waals surface area (Å²) in [5.74, 6) is 1.85. The molecule has 0 amide bonds. The molecule has 0 saturated heterocycles. The van der Waals surface area contributed by atoms with Crippen molar-refractivity contribution in [3.8, 4) is 5.75 Å². The third-order valence-corrected chi connectivity index (χ3v) is 4.35. The highest BCUT2D eigenvalue weighted by molar-refractivity contribution is 7.18. The lowest BCUT2D eigenvalue weighted by Crippen LogP contribution is -2.18. The van der Waals surface area contributed by atoms with Gasteiger partial charge in [-0.05, 0) is 19.1 Å². The average Bonchev–Trinajstić information content (AvgIpc) is 2.87. The molecule has 0 spiro atoms. The van der Waals surface area contributed by atoms with Gasteiger partial charge in [0.25, 0.3) is 0 Å². The maximum absolute atomic E-state index is 5.42. The minimum absolute atomic E-state index is 0.741. The first-order valence-corrected chi connectivity index (χ1v) is 7.55. The SMILES string of the molecule is COc1ccccc1CN(C)c1ncnc2sc(C)cc12. The van der Waals surface area contributed by atoms with Gasteiger partial charge in [0.15, 0.2) is 0 Å². The van der Waals surface area contributed by atoms with Crippen LogP contribution >= 0.6 is 11.3 Å². The maximum atomic E-state index is 5.42. The standard InChI is InChI=1S/C16H17N3OS/c1-11-8-13-15(17-10-18-16(13)21-11)19(2)9-12-6-4-5-7-14(12)20-3/h4-8,10H,9H2,1-3H3. The van der Waals surface area contributed by atoms with Crippen molar-refractivity contribution in [3.63, 3.8) is 0 Å². The highest BCUT2D eigenvalue weighted by atomic mass is 32.1. The Hall–Kier alpha value is -2.14. The zero-order valence-electron chi connectivity index (χ0n) is 12.3. The van der Waals surface area contributed by atoms with E-state index in [-0.39, 0.29) is 0 Å². The summed E-state index contributed by atoms with van der Waals surface area (Å²) in [6.45, 7) is 2.83. The number of fused-ring (bicyclic) bond motifs is 1. The van der Waals surface area contributed by atoms with E-state index in [9.17, 15) is 0 Å². The van der Waals surface area contributed by atoms with Gasteiger partial charge in [0, 0.05) is 24.0 Å². The predicted molar refractivity (Wildman–Crippen MR) is 87.3 cm³/mol. The van der Waals surface area contributed by atoms with Crippen molar-refractivity contribution in [2.45, 2.75) is 13.5 Å². The Labute approximate surface area is 128 Å². The lowest BCUT2D eigenvalue weighted by Gasteiger charge is -2.20. The molecule has 0 saturated carbocycles. The van der Waals surface area contributed by atoms with E-state index < -0.39 is 0 Å². The van der Waals surface area contributed by atoms with Crippen molar-refractivity contribution in [1.29, 1.82) is 0 Å². The van der Waals surface area contributed by atoms with Crippen LogP contribution in [0.3, 0.4) is 0 Å². The molecule has 21 heavy (non-hydrogen) atoms. The Morgan fingerprint density at radius 2 is 2.05 bits per heavy atom. The number of hydrogen-bond acceptors (Lipinski definition) is 5. The van der Waals surface area contributed by atoms with Crippen LogP contribution in [0.5, 0.6) is 5.75 Å². The second-order valence-electron chi connectivity index (χ2n) is 4.94. The molecule has 0 aliphatic carbocycles. The Balaban J connectivity index is 1.95. The number of methoxy groups -OCH3 is 1. The summed E-state index contributed by atoms with van der Waals surface area (Å²) in [5.41, 5.74) is 1.14. The van der Waals surface area contributed by atoms with Crippen molar-refractivity contribution in [2.75, 3.05) is 19.1 Å². The Kier molecular flexibility index (Phi) is 3.75. The fraction of sp³-hybridized carbons (Fsp3) is 0.250. The Morgan fingerprint density at radius 1 is 1.24 bits per heavy atom. The van der Waals surface area contributed by atoms with E-state index in [1.54, 1.807) is 24.8 Å². The van der Waals surface area contributed by atoms with Gasteiger partial charge in [0.1, 0.15) is 22.7 Å². The summed E-state index contributed by atoms with van der Waals surface area (Å²) in [4.78, 5) is 13.2. The third-order valence-electron chi connectivity index (χ3n) is 3.39. The summed E-state index contributed by atoms with van der Waals surface area (Å²) in [7, 11) is 3.74. The predicted octanol–water partition coefficient (Wildman–Crippen LogP) is 3.64. The molecule has 3 aromatic rings. The van der Waals surface area contributed by atoms with Crippen LogP contribution in [0.25, 0.3) is 10.2 Å². The molecule has 5 heteroatoms. The highest BCUT2D eigenvalue weighted by Gasteiger charge is 2.12. The molecule has 2 heterocycles. The zero-order chi connectivity index (χ0) is 14.8. The fourth-order valence-corrected chi connectivity index (χ4v) is 3.27. The first-order valence-electron chi connectivity index (χ1n) is 6.73. The van der Waals surface area contributed by atoms with Gasteiger partial charge in [0.2, 0.25) is 0 Å². The number of nitrogens with zero attached hydrogens (tertiary/aromatic N) is 3. The number of aryl methyl sites for hydroxylation is 1. The molecule has 0 atom stereocenters. The minimum atomic E-state index is 0.741. The average molecular weight is 299 g/mol. The smallest absolute Gasteiger partial charge is 0.140 e. The van der Waals surface area contributed by atoms with E-state index >= 15 is 0 Å². The van der Waals surface area contributed by atoms with Gasteiger partial charge in [-0.2, -0.15) is 0 Å². The van der Waals surface area contributed by atoms with Crippen LogP contribution in [0.1, 0.15) is 10.4 Å². The van der Waals surface area contributed by atoms with Gasteiger partial charge in [-0.15, -0.1) is 11.3 Å². The minimum Gasteiger partial charge on any atom is -0.496 e. The summed E-state index contributed by atoms with van der Waals surface area (Å²) in [5, 5.41) is 1.11. The second-order valence-corrected chi connectivity index (χ2v) is 6.18. The molecule has 0 radical (unpaired) electrons. The normalized spacial score (nSPS) is 10.8. The topological polar surface area (TPSA) is 38.2 Å². The largest absolute Gasteiger partial charge is 0.496 e. The van der Waals surface area contributed by atoms with Crippen LogP contribution in [-0.4, -0.2) is 24.1 Å². The number of rotatable bonds is 4. The summed E-state index contributed by atoms with van der Waals surface area (Å²) in [6.07, 6.45) is 1.63. The van der Waals surface area contributed by atoms with Gasteiger partial charge in [-0.1, -0.05) is 18.2 Å². The molecule has 0 aliphatic rings. The number of benzene rings is 1. The van der Waals surface area contributed by atoms with Crippen molar-refractivity contribution in [2.24, 2.45) is 0 Å². The molecule has 0 N–H and O–H groups in total. The molecule has 0 unspecified atom stereocenters. The van der Waals surface area contributed by atoms with Gasteiger partial charge < -0.3 is 9.64 Å². The van der Waals surface area contributed by atoms with Crippen molar-refractivity contribution >= 4 is 27.4 Å². The quantitative estimate of drug-likeness (QED) is 0.737. The van der Waals surface area contributed by atoms with Crippen LogP contribution in [0.4, 0.5) is 5.82 Å². The second kappa shape index (κ2) is 5.69. The van der Waals surface area contributed by atoms with Gasteiger partial charge in [0.05, 0.1) is 12.5 Å². The third kappa shape index (κ3) is 2.69. The lowest BCUT2D eigenvalue weighted by atomic mass is 10.2. The molecule has 1 aromatic carbocycles. The molecule has 108 valence electrons. The van der Waals surface area contributed by atoms with Crippen LogP contribution in [-0.2, 0) is 6.54 Å². The summed E-state index contributed by atoms with van der Waals surface area (Å²) < 4.78 is 5.42. The number of hydrogen-bond donors (Lipinski definition) is 0. The van der Waals surface area contributed by atoms with Crippen molar-refractivity contribution in [1.82, 2.24) is 9.97 Å². The molecule has 4 nitrogen and oxygen atoms in total. The Bertz CT molecular complexity index is 769. The van der Waals surface area contributed by atoms with Crippen LogP contribution in [0.15, 0.2) is 36.7 Å². The molecule has 2 aromatic heterocycles. The number of anilines is 1. The van der Waals surface area contributed by atoms with Gasteiger partial charge in [-0.25, -0.2) is 9.97 Å². The van der Waals surface area contributed by atoms with E-state index in [1.807, 2.05) is 25.2 Å². The number of para-hydroxylation sites is 1. The first-order chi connectivity index (χ1) is 10.2. The van der Waals surface area contributed by atoms with Gasteiger partial charge in [-0.3, -0.25) is 0 Å². The maximum Gasteiger partial charge on any atom is 0.140 e. The molecular formula is C16H17N3OS. The summed E-state index contributed by atoms with van der Waals surface area (Å²) >= 11 is 1.70. The van der Waals surface area contributed by atoms with Crippen molar-refractivity contribution in [3.05, 3.63) is 47.1 Å². The monoisotopic (exact) mass is 299 g/mol. The zero-order valence-corrected chi connectivity index (χ0v) is 13.1. The van der Waals surface area contributed by atoms with Crippen LogP contribution < -0.4 is 9.64 Å². The van der Waals surface area contributed by atoms with Crippen LogP contribution in [0.2, 0.25) is 0 Å². The van der Waals surface area contributed by atoms with Crippen molar-refractivity contribution < 1.29 is 4.74 Å². The molecular weight excluding hydrogens is 282 g/mol. The molecule has 0 fully saturated rings. The molecule has 0 aliphatic heterocycles. The van der Waals surface area contributed by atoms with E-state index in [2.05, 4.69) is 33.9 Å². The number of ether oxygens (including phenoxy) is 1. The van der Waals surface area contributed by atoms with E-state index in [1.165, 1.54) is 4.88 Å². The van der Waals surface area contributed by atoms with Crippen LogP contribution in [0, 0.1) is 6.92 Å². The van der Waals surface area contributed by atoms with E-state index in [4.69, 9.17) is 4.74 Å². The first kappa shape index (κ1) is 13.8. The summed E-state index contributed by atoms with van der Waals surface area (Å²) in [6, 6.07) is 10.2. The number of thiophene rings is 1. The Morgan fingerprint density at radius 3 is 2.86 bits per heavy atom. The van der Waals surface area contributed by atoms with E-state index in [0.29, 0.717) is 0 Å². The highest BCUT2D eigenvalue weighted by Crippen LogP contribution is 2.30. The molecule has 3 rings (SSSR count). The molecule has 0 bridgehead atoms. The number of aromatic nitrogens is 2.